The van der Waals surface area contributed by atoms with Crippen LogP contribution in [0, 0.1) is 0 Å². The number of aromatic nitrogens is 2. The van der Waals surface area contributed by atoms with Gasteiger partial charge in [0.25, 0.3) is 5.56 Å². The second-order valence-corrected chi connectivity index (χ2v) is 5.92. The number of nitrogens with zero attached hydrogens (tertiary/aromatic N) is 2. The molecule has 2 aromatic carbocycles. The molecule has 0 atom stereocenters. The van der Waals surface area contributed by atoms with Crippen molar-refractivity contribution in [1.29, 1.82) is 0 Å². The lowest BCUT2D eigenvalue weighted by Crippen LogP contribution is -2.37. The summed E-state index contributed by atoms with van der Waals surface area (Å²) in [6, 6.07) is 16.5. The van der Waals surface area contributed by atoms with E-state index in [1.807, 2.05) is 30.3 Å². The third-order valence-corrected chi connectivity index (χ3v) is 4.13. The number of nitrogens with one attached hydrogen (secondary N) is 1. The number of hydrogen-bond acceptors (Lipinski definition) is 3. The Labute approximate surface area is 144 Å². The Hall–Kier alpha value is -3.15. The average molecular weight is 337 g/mol. The molecule has 6 heteroatoms. The van der Waals surface area contributed by atoms with Gasteiger partial charge in [-0.25, -0.2) is 4.79 Å². The van der Waals surface area contributed by atoms with E-state index in [1.165, 1.54) is 0 Å². The standard InChI is InChI=1S/C19H19N3O3/c1-21(13-14-7-3-2-4-8-14)17(23)11-12-22-18(24)15-9-5-6-10-16(15)20-19(22)25/h2-10H,11-13H2,1H3,(H,20,25). The van der Waals surface area contributed by atoms with Crippen molar-refractivity contribution in [3.05, 3.63) is 81.0 Å². The molecule has 1 amide bonds. The molecule has 0 spiro atoms. The quantitative estimate of drug-likeness (QED) is 0.770. The number of H-pyrrole nitrogens is 1. The first-order valence-electron chi connectivity index (χ1n) is 8.06. The van der Waals surface area contributed by atoms with Crippen LogP contribution < -0.4 is 11.2 Å². The number of rotatable bonds is 5. The van der Waals surface area contributed by atoms with Crippen molar-refractivity contribution in [2.24, 2.45) is 0 Å². The van der Waals surface area contributed by atoms with E-state index >= 15 is 0 Å². The van der Waals surface area contributed by atoms with Gasteiger partial charge in [0.05, 0.1) is 10.9 Å². The van der Waals surface area contributed by atoms with Crippen LogP contribution in [0.4, 0.5) is 0 Å². The molecular weight excluding hydrogens is 318 g/mol. The van der Waals surface area contributed by atoms with Crippen LogP contribution in [0.5, 0.6) is 0 Å². The van der Waals surface area contributed by atoms with Gasteiger partial charge in [-0.1, -0.05) is 42.5 Å². The van der Waals surface area contributed by atoms with Crippen molar-refractivity contribution in [2.45, 2.75) is 19.5 Å². The summed E-state index contributed by atoms with van der Waals surface area (Å²) in [6.45, 7) is 0.541. The molecule has 1 N–H and O–H groups in total. The molecule has 25 heavy (non-hydrogen) atoms. The summed E-state index contributed by atoms with van der Waals surface area (Å²) in [7, 11) is 1.71. The SMILES string of the molecule is CN(Cc1ccccc1)C(=O)CCn1c(=O)[nH]c2ccccc2c1=O. The first-order valence-corrected chi connectivity index (χ1v) is 8.06. The van der Waals surface area contributed by atoms with Gasteiger partial charge in [0, 0.05) is 26.6 Å². The zero-order valence-electron chi connectivity index (χ0n) is 13.9. The second kappa shape index (κ2) is 7.17. The monoisotopic (exact) mass is 337 g/mol. The van der Waals surface area contributed by atoms with Crippen molar-refractivity contribution in [1.82, 2.24) is 14.5 Å². The average Bonchev–Trinajstić information content (AvgIpc) is 2.62. The van der Waals surface area contributed by atoms with Crippen molar-refractivity contribution < 1.29 is 4.79 Å². The fraction of sp³-hybridized carbons (Fsp3) is 0.211. The van der Waals surface area contributed by atoms with Gasteiger partial charge in [-0.3, -0.25) is 14.2 Å². The highest BCUT2D eigenvalue weighted by molar-refractivity contribution is 5.77. The molecule has 0 saturated heterocycles. The number of hydrogen-bond donors (Lipinski definition) is 1. The summed E-state index contributed by atoms with van der Waals surface area (Å²) in [5.41, 5.74) is 0.653. The van der Waals surface area contributed by atoms with Crippen LogP contribution >= 0.6 is 0 Å². The summed E-state index contributed by atoms with van der Waals surface area (Å²) < 4.78 is 1.08. The highest BCUT2D eigenvalue weighted by atomic mass is 16.2. The van der Waals surface area contributed by atoms with Crippen molar-refractivity contribution >= 4 is 16.8 Å². The van der Waals surface area contributed by atoms with Gasteiger partial charge in [-0.2, -0.15) is 0 Å². The van der Waals surface area contributed by atoms with Gasteiger partial charge < -0.3 is 9.88 Å². The minimum atomic E-state index is -0.498. The predicted octanol–water partition coefficient (Wildman–Crippen LogP) is 1.74. The van der Waals surface area contributed by atoms with Crippen molar-refractivity contribution in [3.8, 4) is 0 Å². The van der Waals surface area contributed by atoms with E-state index in [4.69, 9.17) is 0 Å². The molecule has 6 nitrogen and oxygen atoms in total. The Morgan fingerprint density at radius 3 is 2.48 bits per heavy atom. The molecule has 0 aliphatic rings. The molecule has 0 aliphatic carbocycles. The van der Waals surface area contributed by atoms with Crippen LogP contribution in [0.25, 0.3) is 10.9 Å². The number of amides is 1. The van der Waals surface area contributed by atoms with Gasteiger partial charge in [-0.05, 0) is 17.7 Å². The fourth-order valence-electron chi connectivity index (χ4n) is 2.75. The van der Waals surface area contributed by atoms with E-state index in [-0.39, 0.29) is 24.4 Å². The summed E-state index contributed by atoms with van der Waals surface area (Å²) in [4.78, 5) is 41.1. The third kappa shape index (κ3) is 3.68. The number of benzene rings is 2. The van der Waals surface area contributed by atoms with Gasteiger partial charge in [0.2, 0.25) is 5.91 Å². The van der Waals surface area contributed by atoms with E-state index in [0.717, 1.165) is 10.1 Å². The largest absolute Gasteiger partial charge is 0.341 e. The Morgan fingerprint density at radius 2 is 1.72 bits per heavy atom. The molecule has 0 bridgehead atoms. The molecule has 128 valence electrons. The van der Waals surface area contributed by atoms with Gasteiger partial charge in [0.15, 0.2) is 0 Å². The van der Waals surface area contributed by atoms with E-state index in [9.17, 15) is 14.4 Å². The summed E-state index contributed by atoms with van der Waals surface area (Å²) in [5, 5.41) is 0.437. The lowest BCUT2D eigenvalue weighted by Gasteiger charge is -2.17. The minimum absolute atomic E-state index is 0.0525. The number of carbonyl (C=O) groups is 1. The van der Waals surface area contributed by atoms with Crippen molar-refractivity contribution in [3.63, 3.8) is 0 Å². The first kappa shape index (κ1) is 16.7. The normalized spacial score (nSPS) is 10.8. The van der Waals surface area contributed by atoms with Gasteiger partial charge in [-0.15, -0.1) is 0 Å². The van der Waals surface area contributed by atoms with Crippen LogP contribution in [0.15, 0.2) is 64.2 Å². The topological polar surface area (TPSA) is 75.2 Å². The molecule has 0 saturated carbocycles. The number of para-hydroxylation sites is 1. The molecule has 0 unspecified atom stereocenters. The second-order valence-electron chi connectivity index (χ2n) is 5.92. The number of fused-ring (bicyclic) bond motifs is 1. The zero-order valence-corrected chi connectivity index (χ0v) is 13.9. The Bertz CT molecular complexity index is 1010. The third-order valence-electron chi connectivity index (χ3n) is 4.13. The molecule has 0 radical (unpaired) electrons. The maximum Gasteiger partial charge on any atom is 0.328 e. The van der Waals surface area contributed by atoms with Crippen LogP contribution in [0.1, 0.15) is 12.0 Å². The lowest BCUT2D eigenvalue weighted by atomic mass is 10.2. The highest BCUT2D eigenvalue weighted by Gasteiger charge is 2.12. The van der Waals surface area contributed by atoms with Crippen molar-refractivity contribution in [2.75, 3.05) is 7.05 Å². The lowest BCUT2D eigenvalue weighted by molar-refractivity contribution is -0.130. The van der Waals surface area contributed by atoms with E-state index < -0.39 is 5.69 Å². The predicted molar refractivity (Wildman–Crippen MR) is 96.4 cm³/mol. The minimum Gasteiger partial charge on any atom is -0.341 e. The van der Waals surface area contributed by atoms with Gasteiger partial charge >= 0.3 is 5.69 Å². The molecule has 3 aromatic rings. The highest BCUT2D eigenvalue weighted by Crippen LogP contribution is 2.05. The molecule has 0 aliphatic heterocycles. The van der Waals surface area contributed by atoms with Crippen LogP contribution in [-0.2, 0) is 17.9 Å². The molecule has 1 heterocycles. The zero-order chi connectivity index (χ0) is 17.8. The van der Waals surface area contributed by atoms with Crippen LogP contribution in [0.2, 0.25) is 0 Å². The Kier molecular flexibility index (Phi) is 4.79. The van der Waals surface area contributed by atoms with Crippen LogP contribution in [-0.4, -0.2) is 27.4 Å². The van der Waals surface area contributed by atoms with Gasteiger partial charge in [0.1, 0.15) is 0 Å². The first-order chi connectivity index (χ1) is 12.1. The van der Waals surface area contributed by atoms with E-state index in [1.54, 1.807) is 36.2 Å². The Morgan fingerprint density at radius 1 is 1.04 bits per heavy atom. The number of carbonyl (C=O) groups excluding carboxylic acids is 1. The molecule has 0 fully saturated rings. The summed E-state index contributed by atoms with van der Waals surface area (Å²) >= 11 is 0. The Balaban J connectivity index is 1.73. The summed E-state index contributed by atoms with van der Waals surface area (Å²) in [6.07, 6.45) is 0.0880. The maximum absolute atomic E-state index is 12.4. The van der Waals surface area contributed by atoms with E-state index in [0.29, 0.717) is 17.4 Å². The van der Waals surface area contributed by atoms with E-state index in [2.05, 4.69) is 4.98 Å². The van der Waals surface area contributed by atoms with Crippen LogP contribution in [0.3, 0.4) is 0 Å². The smallest absolute Gasteiger partial charge is 0.328 e. The molecule has 1 aromatic heterocycles. The maximum atomic E-state index is 12.4. The molecule has 3 rings (SSSR count). The number of aromatic amines is 1. The summed E-state index contributed by atoms with van der Waals surface area (Å²) in [5.74, 6) is -0.122. The molecular formula is C19H19N3O3. The fourth-order valence-corrected chi connectivity index (χ4v) is 2.75.